The Morgan fingerprint density at radius 1 is 1.11 bits per heavy atom. The van der Waals surface area contributed by atoms with Gasteiger partial charge in [0.25, 0.3) is 0 Å². The summed E-state index contributed by atoms with van der Waals surface area (Å²) in [6.45, 7) is 8.20. The number of ether oxygens (including phenoxy) is 2. The van der Waals surface area contributed by atoms with Gasteiger partial charge in [0.2, 0.25) is 0 Å². The predicted octanol–water partition coefficient (Wildman–Crippen LogP) is 6.27. The van der Waals surface area contributed by atoms with E-state index in [-0.39, 0.29) is 18.1 Å². The summed E-state index contributed by atoms with van der Waals surface area (Å²) in [6, 6.07) is 16.2. The van der Waals surface area contributed by atoms with E-state index in [2.05, 4.69) is 42.2 Å². The number of esters is 1. The minimum atomic E-state index is -0.593. The molecule has 0 unspecified atom stereocenters. The van der Waals surface area contributed by atoms with Gasteiger partial charge in [-0.3, -0.25) is 9.88 Å². The third kappa shape index (κ3) is 5.37. The number of rotatable bonds is 5. The molecule has 0 radical (unpaired) electrons. The minimum absolute atomic E-state index is 0.170. The lowest BCUT2D eigenvalue weighted by molar-refractivity contribution is 0.0164. The molecule has 2 heterocycles. The van der Waals surface area contributed by atoms with Crippen LogP contribution in [0.3, 0.4) is 0 Å². The molecule has 3 aromatic rings. The molecule has 0 bridgehead atoms. The second-order valence-electron chi connectivity index (χ2n) is 9.92. The molecule has 0 saturated heterocycles. The van der Waals surface area contributed by atoms with Gasteiger partial charge in [0, 0.05) is 12.4 Å². The number of benzene rings is 2. The SMILES string of the molecule is COC(=O)c1ccncc1CC[C@@H]1c2ccc(-c3ccccc3C)cc2CN1C(=O)OC(C)(C)C. The molecule has 1 atom stereocenters. The number of nitrogens with zero attached hydrogens (tertiary/aromatic N) is 2. The van der Waals surface area contributed by atoms with Crippen molar-refractivity contribution in [1.29, 1.82) is 0 Å². The number of fused-ring (bicyclic) bond motifs is 1. The Bertz CT molecular complexity index is 1250. The van der Waals surface area contributed by atoms with Gasteiger partial charge in [-0.1, -0.05) is 36.4 Å². The highest BCUT2D eigenvalue weighted by Gasteiger charge is 2.36. The van der Waals surface area contributed by atoms with Gasteiger partial charge in [-0.05, 0) is 86.1 Å². The van der Waals surface area contributed by atoms with Gasteiger partial charge in [0.05, 0.1) is 25.3 Å². The van der Waals surface area contributed by atoms with Crippen molar-refractivity contribution in [1.82, 2.24) is 9.88 Å². The fraction of sp³-hybridized carbons (Fsp3) is 0.345. The lowest BCUT2D eigenvalue weighted by Crippen LogP contribution is -2.36. The van der Waals surface area contributed by atoms with E-state index in [4.69, 9.17) is 9.47 Å². The first-order valence-corrected chi connectivity index (χ1v) is 11.9. The van der Waals surface area contributed by atoms with E-state index in [0.717, 1.165) is 22.3 Å². The van der Waals surface area contributed by atoms with Crippen LogP contribution in [0.25, 0.3) is 11.1 Å². The minimum Gasteiger partial charge on any atom is -0.465 e. The van der Waals surface area contributed by atoms with Crippen LogP contribution in [0.5, 0.6) is 0 Å². The number of methoxy groups -OCH3 is 1. The average Bonchev–Trinajstić information content (AvgIpc) is 3.19. The zero-order valence-electron chi connectivity index (χ0n) is 21.0. The van der Waals surface area contributed by atoms with E-state index in [1.807, 2.05) is 32.9 Å². The monoisotopic (exact) mass is 472 g/mol. The van der Waals surface area contributed by atoms with Crippen LogP contribution < -0.4 is 0 Å². The number of hydrogen-bond donors (Lipinski definition) is 0. The molecule has 0 aliphatic carbocycles. The fourth-order valence-electron chi connectivity index (χ4n) is 4.65. The molecule has 4 rings (SSSR count). The van der Waals surface area contributed by atoms with E-state index in [1.54, 1.807) is 23.4 Å². The molecular weight excluding hydrogens is 440 g/mol. The molecule has 35 heavy (non-hydrogen) atoms. The van der Waals surface area contributed by atoms with Gasteiger partial charge in [-0.25, -0.2) is 9.59 Å². The maximum Gasteiger partial charge on any atom is 0.411 e. The van der Waals surface area contributed by atoms with Crippen molar-refractivity contribution in [2.75, 3.05) is 7.11 Å². The molecule has 0 saturated carbocycles. The first kappa shape index (κ1) is 24.5. The third-order valence-corrected chi connectivity index (χ3v) is 6.30. The Morgan fingerprint density at radius 3 is 2.60 bits per heavy atom. The molecule has 0 fully saturated rings. The van der Waals surface area contributed by atoms with Crippen LogP contribution in [0.15, 0.2) is 60.9 Å². The molecule has 1 aromatic heterocycles. The molecule has 182 valence electrons. The molecule has 1 aliphatic heterocycles. The predicted molar refractivity (Wildman–Crippen MR) is 135 cm³/mol. The van der Waals surface area contributed by atoms with Crippen molar-refractivity contribution in [3.63, 3.8) is 0 Å². The van der Waals surface area contributed by atoms with Gasteiger partial charge < -0.3 is 9.47 Å². The number of carbonyl (C=O) groups is 2. The smallest absolute Gasteiger partial charge is 0.411 e. The van der Waals surface area contributed by atoms with Crippen LogP contribution in [0.2, 0.25) is 0 Å². The van der Waals surface area contributed by atoms with Crippen molar-refractivity contribution in [2.45, 2.75) is 58.7 Å². The van der Waals surface area contributed by atoms with Crippen molar-refractivity contribution in [2.24, 2.45) is 0 Å². The van der Waals surface area contributed by atoms with Crippen LogP contribution in [0, 0.1) is 6.92 Å². The van der Waals surface area contributed by atoms with E-state index in [0.29, 0.717) is 24.9 Å². The molecular formula is C29H32N2O4. The Morgan fingerprint density at radius 2 is 1.89 bits per heavy atom. The normalized spacial score (nSPS) is 15.0. The van der Waals surface area contributed by atoms with Crippen molar-refractivity contribution in [3.8, 4) is 11.1 Å². The topological polar surface area (TPSA) is 68.7 Å². The first-order chi connectivity index (χ1) is 16.7. The van der Waals surface area contributed by atoms with Gasteiger partial charge >= 0.3 is 12.1 Å². The van der Waals surface area contributed by atoms with Gasteiger partial charge in [0.15, 0.2) is 0 Å². The lowest BCUT2D eigenvalue weighted by atomic mass is 9.93. The fourth-order valence-corrected chi connectivity index (χ4v) is 4.65. The summed E-state index contributed by atoms with van der Waals surface area (Å²) in [6.07, 6.45) is 4.14. The maximum absolute atomic E-state index is 13.2. The number of pyridine rings is 1. The Kier molecular flexibility index (Phi) is 6.92. The summed E-state index contributed by atoms with van der Waals surface area (Å²) >= 11 is 0. The number of aromatic nitrogens is 1. The van der Waals surface area contributed by atoms with Crippen molar-refractivity contribution in [3.05, 3.63) is 88.7 Å². The van der Waals surface area contributed by atoms with Crippen molar-refractivity contribution >= 4 is 12.1 Å². The Hall–Kier alpha value is -3.67. The zero-order valence-corrected chi connectivity index (χ0v) is 21.0. The Labute approximate surface area is 206 Å². The van der Waals surface area contributed by atoms with E-state index in [1.165, 1.54) is 18.2 Å². The van der Waals surface area contributed by atoms with E-state index < -0.39 is 5.60 Å². The van der Waals surface area contributed by atoms with Crippen molar-refractivity contribution < 1.29 is 19.1 Å². The third-order valence-electron chi connectivity index (χ3n) is 6.30. The van der Waals surface area contributed by atoms with Gasteiger partial charge in [0.1, 0.15) is 5.60 Å². The molecule has 1 aliphatic rings. The number of amides is 1. The summed E-state index contributed by atoms with van der Waals surface area (Å²) in [4.78, 5) is 31.4. The van der Waals surface area contributed by atoms with E-state index >= 15 is 0 Å². The second-order valence-corrected chi connectivity index (χ2v) is 9.92. The number of hydrogen-bond acceptors (Lipinski definition) is 5. The zero-order chi connectivity index (χ0) is 25.2. The molecule has 6 nitrogen and oxygen atoms in total. The molecule has 6 heteroatoms. The average molecular weight is 473 g/mol. The summed E-state index contributed by atoms with van der Waals surface area (Å²) < 4.78 is 10.7. The molecule has 2 aromatic carbocycles. The van der Waals surface area contributed by atoms with Gasteiger partial charge in [-0.15, -0.1) is 0 Å². The summed E-state index contributed by atoms with van der Waals surface area (Å²) in [5.41, 5.74) is 6.44. The van der Waals surface area contributed by atoms with Crippen LogP contribution in [-0.2, 0) is 22.4 Å². The maximum atomic E-state index is 13.2. The highest BCUT2D eigenvalue weighted by molar-refractivity contribution is 5.90. The van der Waals surface area contributed by atoms with Crippen LogP contribution in [-0.4, -0.2) is 34.7 Å². The standard InChI is InChI=1S/C29H32N2O4/c1-19-8-6-7-9-23(19)20-10-12-24-22(16-20)18-31(28(33)35-29(2,3)4)26(24)13-11-21-17-30-15-14-25(21)27(32)34-5/h6-10,12,14-17,26H,11,13,18H2,1-5H3/t26-/m1/s1. The second kappa shape index (κ2) is 9.90. The Balaban J connectivity index is 1.66. The number of aryl methyl sites for hydroxylation is 2. The highest BCUT2D eigenvalue weighted by Crippen LogP contribution is 2.40. The quantitative estimate of drug-likeness (QED) is 0.410. The van der Waals surface area contributed by atoms with Crippen LogP contribution in [0.1, 0.15) is 65.8 Å². The largest absolute Gasteiger partial charge is 0.465 e. The van der Waals surface area contributed by atoms with Crippen LogP contribution in [0.4, 0.5) is 4.79 Å². The molecule has 0 N–H and O–H groups in total. The molecule has 0 spiro atoms. The highest BCUT2D eigenvalue weighted by atomic mass is 16.6. The summed E-state index contributed by atoms with van der Waals surface area (Å²) in [7, 11) is 1.37. The molecule has 1 amide bonds. The van der Waals surface area contributed by atoms with E-state index in [9.17, 15) is 9.59 Å². The van der Waals surface area contributed by atoms with Gasteiger partial charge in [-0.2, -0.15) is 0 Å². The summed E-state index contributed by atoms with van der Waals surface area (Å²) in [5, 5.41) is 0. The van der Waals surface area contributed by atoms with Crippen LogP contribution >= 0.6 is 0 Å². The lowest BCUT2D eigenvalue weighted by Gasteiger charge is -2.29. The summed E-state index contributed by atoms with van der Waals surface area (Å²) in [5.74, 6) is -0.388. The number of carbonyl (C=O) groups excluding carboxylic acids is 2. The first-order valence-electron chi connectivity index (χ1n) is 11.9.